The first kappa shape index (κ1) is 33.0. The molecule has 3 aliphatic heterocycles. The highest BCUT2D eigenvalue weighted by atomic mass is 16.8. The fraction of sp³-hybridized carbons (Fsp3) is 0.444. The summed E-state index contributed by atoms with van der Waals surface area (Å²) >= 11 is 0. The number of rotatable bonds is 10. The van der Waals surface area contributed by atoms with Gasteiger partial charge in [0, 0.05) is 11.8 Å². The fourth-order valence-corrected chi connectivity index (χ4v) is 7.14. The van der Waals surface area contributed by atoms with Gasteiger partial charge in [0.15, 0.2) is 28.8 Å². The second-order valence-electron chi connectivity index (χ2n) is 12.7. The Labute approximate surface area is 282 Å². The molecule has 13 heteroatoms. The van der Waals surface area contributed by atoms with Gasteiger partial charge in [-0.1, -0.05) is 30.3 Å². The van der Waals surface area contributed by atoms with Crippen molar-refractivity contribution in [2.75, 3.05) is 40.8 Å². The van der Waals surface area contributed by atoms with Crippen molar-refractivity contribution in [3.8, 4) is 28.7 Å². The summed E-state index contributed by atoms with van der Waals surface area (Å²) in [5, 5.41) is 9.93. The first-order valence-electron chi connectivity index (χ1n) is 16.0. The molecule has 2 saturated heterocycles. The van der Waals surface area contributed by atoms with Gasteiger partial charge in [0.2, 0.25) is 12.5 Å². The number of cyclic esters (lactones) is 1. The van der Waals surface area contributed by atoms with Crippen molar-refractivity contribution in [3.63, 3.8) is 0 Å². The van der Waals surface area contributed by atoms with Crippen LogP contribution in [-0.2, 0) is 35.1 Å². The molecule has 0 saturated carbocycles. The van der Waals surface area contributed by atoms with Crippen LogP contribution in [0.4, 0.5) is 4.79 Å². The summed E-state index contributed by atoms with van der Waals surface area (Å²) in [5.41, 5.74) is 3.00. The Hall–Kier alpha value is -4.56. The molecule has 0 aromatic heterocycles. The molecule has 3 aromatic rings. The standard InChI is InChI=1S/C36H38O13/c1-36(2)48-28(14-37)29(49-36)17-42-32-22-13-25-24(45-18-46-25)12-21(22)30(31-23(32)16-43-34(31)38)20-10-26(40-3)33(27(11-20)41-4)47-35(39)44-15-19-8-6-5-7-9-19/h5-13,23,28-32,37H,14-18H2,1-4H3/t23?,28?,29?,30-,31+,32-/m1/s1. The maximum absolute atomic E-state index is 13.6. The highest BCUT2D eigenvalue weighted by molar-refractivity contribution is 5.79. The molecule has 0 radical (unpaired) electrons. The van der Waals surface area contributed by atoms with Crippen molar-refractivity contribution >= 4 is 12.1 Å². The molecule has 1 N–H and O–H groups in total. The van der Waals surface area contributed by atoms with Gasteiger partial charge in [0.25, 0.3) is 0 Å². The summed E-state index contributed by atoms with van der Waals surface area (Å²) in [5.74, 6) is -1.37. The Bertz CT molecular complexity index is 1680. The monoisotopic (exact) mass is 678 g/mol. The van der Waals surface area contributed by atoms with Crippen LogP contribution in [0.15, 0.2) is 54.6 Å². The molecule has 0 bridgehead atoms. The van der Waals surface area contributed by atoms with Crippen LogP contribution >= 0.6 is 0 Å². The molecule has 1 aliphatic carbocycles. The van der Waals surface area contributed by atoms with Gasteiger partial charge in [-0.05, 0) is 60.4 Å². The third kappa shape index (κ3) is 6.34. The SMILES string of the molecule is COc1cc([C@@H]2c3cc4c(cc3[C@@H](OCC3OC(C)(C)OC3CO)C3COC(=O)[C@@H]32)OCO4)cc(OC)c1OC(=O)OCc1ccccc1. The van der Waals surface area contributed by atoms with Crippen molar-refractivity contribution in [3.05, 3.63) is 76.9 Å². The van der Waals surface area contributed by atoms with Crippen LogP contribution < -0.4 is 23.7 Å². The quantitative estimate of drug-likeness (QED) is 0.235. The fourth-order valence-electron chi connectivity index (χ4n) is 7.14. The number of fused-ring (bicyclic) bond motifs is 3. The van der Waals surface area contributed by atoms with Crippen LogP contribution in [0.3, 0.4) is 0 Å². The minimum Gasteiger partial charge on any atom is -0.493 e. The number of carbonyl (C=O) groups is 2. The highest BCUT2D eigenvalue weighted by Gasteiger charge is 2.54. The number of aliphatic hydroxyl groups is 1. The van der Waals surface area contributed by atoms with E-state index in [0.717, 1.165) is 16.7 Å². The number of aliphatic hydroxyl groups excluding tert-OH is 1. The maximum atomic E-state index is 13.6. The van der Waals surface area contributed by atoms with Crippen LogP contribution in [0.25, 0.3) is 0 Å². The molecule has 0 spiro atoms. The zero-order valence-electron chi connectivity index (χ0n) is 27.5. The van der Waals surface area contributed by atoms with Gasteiger partial charge >= 0.3 is 12.1 Å². The lowest BCUT2D eigenvalue weighted by Gasteiger charge is -2.39. The van der Waals surface area contributed by atoms with Crippen LogP contribution in [0.1, 0.15) is 48.1 Å². The normalized spacial score (nSPS) is 26.0. The van der Waals surface area contributed by atoms with E-state index in [0.29, 0.717) is 17.1 Å². The lowest BCUT2D eigenvalue weighted by molar-refractivity contribution is -0.156. The zero-order chi connectivity index (χ0) is 34.3. The van der Waals surface area contributed by atoms with Crippen LogP contribution in [0.5, 0.6) is 28.7 Å². The number of esters is 1. The molecular weight excluding hydrogens is 640 g/mol. The topological polar surface area (TPSA) is 147 Å². The molecule has 4 aliphatic rings. The van der Waals surface area contributed by atoms with Gasteiger partial charge in [0.1, 0.15) is 18.8 Å². The van der Waals surface area contributed by atoms with Gasteiger partial charge in [-0.2, -0.15) is 0 Å². The highest BCUT2D eigenvalue weighted by Crippen LogP contribution is 2.56. The molecule has 3 heterocycles. The van der Waals surface area contributed by atoms with E-state index < -0.39 is 48.0 Å². The van der Waals surface area contributed by atoms with Crippen LogP contribution in [0, 0.1) is 11.8 Å². The van der Waals surface area contributed by atoms with Gasteiger partial charge in [0.05, 0.1) is 46.1 Å². The van der Waals surface area contributed by atoms with Crippen molar-refractivity contribution in [1.82, 2.24) is 0 Å². The second-order valence-corrected chi connectivity index (χ2v) is 12.7. The van der Waals surface area contributed by atoms with Gasteiger partial charge < -0.3 is 52.5 Å². The molecular formula is C36H38O13. The van der Waals surface area contributed by atoms with E-state index in [2.05, 4.69) is 0 Å². The van der Waals surface area contributed by atoms with Gasteiger partial charge in [-0.3, -0.25) is 4.79 Å². The maximum Gasteiger partial charge on any atom is 0.514 e. The summed E-state index contributed by atoms with van der Waals surface area (Å²) in [6, 6.07) is 16.4. The van der Waals surface area contributed by atoms with Gasteiger partial charge in [-0.15, -0.1) is 0 Å². The summed E-state index contributed by atoms with van der Waals surface area (Å²) in [4.78, 5) is 26.3. The van der Waals surface area contributed by atoms with E-state index in [1.54, 1.807) is 26.0 Å². The lowest BCUT2D eigenvalue weighted by Crippen LogP contribution is -2.38. The van der Waals surface area contributed by atoms with E-state index in [1.807, 2.05) is 42.5 Å². The van der Waals surface area contributed by atoms with E-state index in [1.165, 1.54) is 14.2 Å². The second kappa shape index (κ2) is 13.4. The van der Waals surface area contributed by atoms with Gasteiger partial charge in [-0.25, -0.2) is 4.79 Å². The number of benzene rings is 3. The van der Waals surface area contributed by atoms with Crippen LogP contribution in [0.2, 0.25) is 0 Å². The molecule has 6 atom stereocenters. The summed E-state index contributed by atoms with van der Waals surface area (Å²) in [6.45, 7) is 3.62. The van der Waals surface area contributed by atoms with E-state index >= 15 is 0 Å². The predicted octanol–water partition coefficient (Wildman–Crippen LogP) is 4.65. The average molecular weight is 679 g/mol. The zero-order valence-corrected chi connectivity index (χ0v) is 27.5. The summed E-state index contributed by atoms with van der Waals surface area (Å²) in [7, 11) is 2.89. The molecule has 3 aromatic carbocycles. The molecule has 2 fully saturated rings. The third-order valence-corrected chi connectivity index (χ3v) is 9.25. The Morgan fingerprint density at radius 1 is 0.918 bits per heavy atom. The first-order chi connectivity index (χ1) is 23.7. The van der Waals surface area contributed by atoms with Crippen molar-refractivity contribution in [2.24, 2.45) is 11.8 Å². The van der Waals surface area contributed by atoms with E-state index in [4.69, 9.17) is 47.4 Å². The molecule has 3 unspecified atom stereocenters. The van der Waals surface area contributed by atoms with Crippen molar-refractivity contribution in [1.29, 1.82) is 0 Å². The molecule has 7 rings (SSSR count). The largest absolute Gasteiger partial charge is 0.514 e. The Morgan fingerprint density at radius 3 is 2.27 bits per heavy atom. The number of ether oxygens (including phenoxy) is 10. The molecule has 13 nitrogen and oxygen atoms in total. The number of carbonyl (C=O) groups excluding carboxylic acids is 2. The van der Waals surface area contributed by atoms with Crippen molar-refractivity contribution in [2.45, 2.75) is 50.5 Å². The predicted molar refractivity (Wildman–Crippen MR) is 169 cm³/mol. The Morgan fingerprint density at radius 2 is 1.59 bits per heavy atom. The van der Waals surface area contributed by atoms with Crippen LogP contribution in [-0.4, -0.2) is 76.1 Å². The number of methoxy groups -OCH3 is 2. The number of hydrogen-bond acceptors (Lipinski definition) is 13. The molecule has 0 amide bonds. The lowest BCUT2D eigenvalue weighted by atomic mass is 9.66. The van der Waals surface area contributed by atoms with Crippen molar-refractivity contribution < 1.29 is 62.1 Å². The first-order valence-corrected chi connectivity index (χ1v) is 16.0. The van der Waals surface area contributed by atoms with E-state index in [-0.39, 0.29) is 56.4 Å². The minimum atomic E-state index is -0.938. The molecule has 260 valence electrons. The molecule has 49 heavy (non-hydrogen) atoms. The minimum absolute atomic E-state index is 0.0179. The Kier molecular flexibility index (Phi) is 9.01. The van der Waals surface area contributed by atoms with E-state index in [9.17, 15) is 14.7 Å². The summed E-state index contributed by atoms with van der Waals surface area (Å²) < 4.78 is 57.9. The average Bonchev–Trinajstić information content (AvgIpc) is 3.81. The number of hydrogen-bond donors (Lipinski definition) is 1. The smallest absolute Gasteiger partial charge is 0.493 e. The third-order valence-electron chi connectivity index (χ3n) is 9.25. The summed E-state index contributed by atoms with van der Waals surface area (Å²) in [6.07, 6.45) is -2.63. The Balaban J connectivity index is 1.23.